The Bertz CT molecular complexity index is 1730. The van der Waals surface area contributed by atoms with Gasteiger partial charge < -0.3 is 10.1 Å². The van der Waals surface area contributed by atoms with Crippen molar-refractivity contribution in [2.45, 2.75) is 58.1 Å². The van der Waals surface area contributed by atoms with Crippen LogP contribution in [0.25, 0.3) is 22.4 Å². The molecule has 0 bridgehead atoms. The lowest BCUT2D eigenvalue weighted by Gasteiger charge is -2.19. The first kappa shape index (κ1) is 30.4. The number of amides is 1. The molecule has 0 saturated carbocycles. The third-order valence-corrected chi connectivity index (χ3v) is 7.37. The summed E-state index contributed by atoms with van der Waals surface area (Å²) in [5, 5.41) is 2.66. The van der Waals surface area contributed by atoms with Gasteiger partial charge in [-0.15, -0.1) is 0 Å². The minimum atomic E-state index is -4.40. The summed E-state index contributed by atoms with van der Waals surface area (Å²) in [5.74, 6) is -2.11. The molecule has 2 N–H and O–H groups in total. The van der Waals surface area contributed by atoms with Crippen molar-refractivity contribution in [2.24, 2.45) is 0 Å². The third kappa shape index (κ3) is 7.21. The molecule has 1 aromatic carbocycles. The predicted molar refractivity (Wildman–Crippen MR) is 153 cm³/mol. The van der Waals surface area contributed by atoms with Crippen LogP contribution in [0.15, 0.2) is 60.0 Å². The second kappa shape index (κ2) is 12.1. The monoisotopic (exact) mass is 596 g/mol. The number of sulfonamides is 1. The molecule has 1 amide bonds. The molecule has 10 nitrogen and oxygen atoms in total. The number of pyridine rings is 2. The van der Waals surface area contributed by atoms with Crippen LogP contribution in [0.4, 0.5) is 19.3 Å². The highest BCUT2D eigenvalue weighted by Gasteiger charge is 2.23. The molecule has 4 rings (SSSR count). The Hall–Kier alpha value is -4.52. The van der Waals surface area contributed by atoms with E-state index in [1.165, 1.54) is 6.33 Å². The van der Waals surface area contributed by atoms with Gasteiger partial charge in [0.2, 0.25) is 0 Å². The SMILES string of the molecule is CCc1ncnc(-c2ccc(CNC(=O)OC(C)(C)C)nc2)c1-c1cnc(C)c(NS(=O)(=O)c2ccc(F)cc2F)c1. The van der Waals surface area contributed by atoms with E-state index in [-0.39, 0.29) is 12.2 Å². The number of halogens is 2. The molecule has 0 saturated heterocycles. The van der Waals surface area contributed by atoms with Gasteiger partial charge in [0.05, 0.1) is 35.0 Å². The van der Waals surface area contributed by atoms with Crippen molar-refractivity contribution >= 4 is 21.8 Å². The van der Waals surface area contributed by atoms with E-state index in [1.54, 1.807) is 58.3 Å². The Balaban J connectivity index is 1.66. The quantitative estimate of drug-likeness (QED) is 0.269. The minimum absolute atomic E-state index is 0.106. The smallest absolute Gasteiger partial charge is 0.407 e. The normalized spacial score (nSPS) is 11.7. The molecule has 0 aliphatic carbocycles. The van der Waals surface area contributed by atoms with E-state index >= 15 is 0 Å². The van der Waals surface area contributed by atoms with E-state index in [1.807, 2.05) is 6.92 Å². The first-order chi connectivity index (χ1) is 19.8. The molecular formula is C29H30F2N6O4S. The number of aryl methyl sites for hydroxylation is 2. The number of carbonyl (C=O) groups is 1. The number of benzene rings is 1. The van der Waals surface area contributed by atoms with Crippen LogP contribution >= 0.6 is 0 Å². The van der Waals surface area contributed by atoms with E-state index in [2.05, 4.69) is 30.0 Å². The van der Waals surface area contributed by atoms with Crippen LogP contribution in [0, 0.1) is 18.6 Å². The molecule has 0 radical (unpaired) electrons. The molecule has 0 aliphatic heterocycles. The number of hydrogen-bond donors (Lipinski definition) is 2. The summed E-state index contributed by atoms with van der Waals surface area (Å²) in [6.45, 7) is 9.00. The first-order valence-corrected chi connectivity index (χ1v) is 14.5. The fraction of sp³-hybridized carbons (Fsp3) is 0.276. The van der Waals surface area contributed by atoms with Crippen molar-refractivity contribution in [3.63, 3.8) is 0 Å². The van der Waals surface area contributed by atoms with Crippen LogP contribution < -0.4 is 10.0 Å². The fourth-order valence-electron chi connectivity index (χ4n) is 4.02. The summed E-state index contributed by atoms with van der Waals surface area (Å²) in [6, 6.07) is 7.34. The van der Waals surface area contributed by atoms with Gasteiger partial charge in [-0.25, -0.2) is 32.0 Å². The van der Waals surface area contributed by atoms with E-state index in [4.69, 9.17) is 4.74 Å². The van der Waals surface area contributed by atoms with Gasteiger partial charge >= 0.3 is 6.09 Å². The zero-order valence-electron chi connectivity index (χ0n) is 23.7. The van der Waals surface area contributed by atoms with Crippen LogP contribution in [0.1, 0.15) is 44.8 Å². The summed E-state index contributed by atoms with van der Waals surface area (Å²) in [4.78, 5) is 29.0. The van der Waals surface area contributed by atoms with Gasteiger partial charge in [0.25, 0.3) is 10.0 Å². The Labute approximate surface area is 242 Å². The lowest BCUT2D eigenvalue weighted by Crippen LogP contribution is -2.32. The highest BCUT2D eigenvalue weighted by Crippen LogP contribution is 2.34. The summed E-state index contributed by atoms with van der Waals surface area (Å²) in [6.07, 6.45) is 4.59. The molecule has 3 heterocycles. The van der Waals surface area contributed by atoms with E-state index < -0.39 is 38.2 Å². The lowest BCUT2D eigenvalue weighted by atomic mass is 9.98. The van der Waals surface area contributed by atoms with Gasteiger partial charge in [0.1, 0.15) is 28.5 Å². The maximum Gasteiger partial charge on any atom is 0.407 e. The number of carbonyl (C=O) groups excluding carboxylic acids is 1. The van der Waals surface area contributed by atoms with Gasteiger partial charge in [0.15, 0.2) is 0 Å². The summed E-state index contributed by atoms with van der Waals surface area (Å²) in [7, 11) is -4.40. The minimum Gasteiger partial charge on any atom is -0.444 e. The number of rotatable bonds is 8. The number of aromatic nitrogens is 4. The number of ether oxygens (including phenoxy) is 1. The van der Waals surface area contributed by atoms with Crippen molar-refractivity contribution < 1.29 is 26.7 Å². The first-order valence-electron chi connectivity index (χ1n) is 13.0. The zero-order chi connectivity index (χ0) is 30.7. The lowest BCUT2D eigenvalue weighted by molar-refractivity contribution is 0.0523. The van der Waals surface area contributed by atoms with E-state index in [0.717, 1.165) is 12.1 Å². The number of nitrogens with one attached hydrogen (secondary N) is 2. The molecule has 0 fully saturated rings. The van der Waals surface area contributed by atoms with Crippen molar-refractivity contribution in [3.05, 3.63) is 83.8 Å². The van der Waals surface area contributed by atoms with E-state index in [9.17, 15) is 22.0 Å². The average molecular weight is 597 g/mol. The molecule has 0 unspecified atom stereocenters. The number of hydrogen-bond acceptors (Lipinski definition) is 8. The van der Waals surface area contributed by atoms with Crippen LogP contribution in [0.2, 0.25) is 0 Å². The maximum atomic E-state index is 14.3. The molecule has 13 heteroatoms. The molecule has 0 spiro atoms. The molecule has 0 atom stereocenters. The van der Waals surface area contributed by atoms with Crippen molar-refractivity contribution in [1.82, 2.24) is 25.3 Å². The second-order valence-electron chi connectivity index (χ2n) is 10.3. The number of anilines is 1. The molecule has 220 valence electrons. The second-order valence-corrected chi connectivity index (χ2v) is 12.0. The third-order valence-electron chi connectivity index (χ3n) is 5.97. The van der Waals surface area contributed by atoms with Crippen LogP contribution in [0.3, 0.4) is 0 Å². The topological polar surface area (TPSA) is 136 Å². The highest BCUT2D eigenvalue weighted by atomic mass is 32.2. The largest absolute Gasteiger partial charge is 0.444 e. The molecular weight excluding hydrogens is 566 g/mol. The molecule has 4 aromatic rings. The van der Waals surface area contributed by atoms with Gasteiger partial charge in [-0.1, -0.05) is 6.92 Å². The van der Waals surface area contributed by atoms with Gasteiger partial charge in [0, 0.05) is 35.2 Å². The average Bonchev–Trinajstić information content (AvgIpc) is 2.91. The van der Waals surface area contributed by atoms with Gasteiger partial charge in [-0.05, 0) is 64.4 Å². The molecule has 42 heavy (non-hydrogen) atoms. The Morgan fingerprint density at radius 1 is 0.976 bits per heavy atom. The van der Waals surface area contributed by atoms with Crippen LogP contribution in [-0.2, 0) is 27.7 Å². The molecule has 0 aliphatic rings. The zero-order valence-corrected chi connectivity index (χ0v) is 24.5. The predicted octanol–water partition coefficient (Wildman–Crippen LogP) is 5.58. The standard InChI is InChI=1S/C29H30F2N6O4S/c1-6-23-26(19-11-24(17(2)32-14-19)37-42(39,40)25-10-8-20(30)12-22(25)31)27(36-16-35-23)18-7-9-21(33-13-18)15-34-28(38)41-29(3,4)5/h7-14,16,37H,6,15H2,1-5H3,(H,34,38). The van der Waals surface area contributed by atoms with Crippen molar-refractivity contribution in [2.75, 3.05) is 4.72 Å². The Morgan fingerprint density at radius 2 is 1.71 bits per heavy atom. The Morgan fingerprint density at radius 3 is 2.36 bits per heavy atom. The van der Waals surface area contributed by atoms with Gasteiger partial charge in [-0.3, -0.25) is 14.7 Å². The van der Waals surface area contributed by atoms with Crippen molar-refractivity contribution in [1.29, 1.82) is 0 Å². The number of nitrogens with zero attached hydrogens (tertiary/aromatic N) is 4. The number of alkyl carbamates (subject to hydrolysis) is 1. The fourth-order valence-corrected chi connectivity index (χ4v) is 5.19. The van der Waals surface area contributed by atoms with Crippen molar-refractivity contribution in [3.8, 4) is 22.4 Å². The summed E-state index contributed by atoms with van der Waals surface area (Å²) < 4.78 is 61.2. The van der Waals surface area contributed by atoms with Crippen LogP contribution in [0.5, 0.6) is 0 Å². The molecule has 3 aromatic heterocycles. The van der Waals surface area contributed by atoms with Gasteiger partial charge in [-0.2, -0.15) is 0 Å². The maximum absolute atomic E-state index is 14.3. The summed E-state index contributed by atoms with van der Waals surface area (Å²) >= 11 is 0. The highest BCUT2D eigenvalue weighted by molar-refractivity contribution is 7.92. The Kier molecular flexibility index (Phi) is 8.81. The van der Waals surface area contributed by atoms with Crippen LogP contribution in [-0.4, -0.2) is 40.0 Å². The summed E-state index contributed by atoms with van der Waals surface area (Å²) in [5.41, 5.74) is 3.41. The van der Waals surface area contributed by atoms with E-state index in [0.29, 0.717) is 52.0 Å².